The molecule has 6 N–H and O–H groups in total. The third kappa shape index (κ3) is 1.14. The molecule has 0 atom stereocenters. The average Bonchev–Trinajstić information content (AvgIpc) is 2.43. The van der Waals surface area contributed by atoms with Crippen LogP contribution in [0.1, 0.15) is 5.69 Å². The summed E-state index contributed by atoms with van der Waals surface area (Å²) in [6.45, 7) is -0.231. The number of nitrogen functional groups attached to an aromatic ring is 2. The second kappa shape index (κ2) is 2.56. The Morgan fingerprint density at radius 2 is 2.00 bits per heavy atom. The third-order valence-electron chi connectivity index (χ3n) is 1.61. The summed E-state index contributed by atoms with van der Waals surface area (Å²) in [5.74, 6) is 0.299. The van der Waals surface area contributed by atoms with Gasteiger partial charge in [-0.25, -0.2) is 4.98 Å². The van der Waals surface area contributed by atoms with Crippen molar-refractivity contribution in [3.05, 3.63) is 5.69 Å². The third-order valence-corrected chi connectivity index (χ3v) is 1.61. The van der Waals surface area contributed by atoms with Gasteiger partial charge in [0.2, 0.25) is 5.95 Å². The van der Waals surface area contributed by atoms with E-state index in [0.29, 0.717) is 16.9 Å². The minimum Gasteiger partial charge on any atom is -0.390 e. The normalized spacial score (nSPS) is 10.8. The SMILES string of the molecule is Nc1nc(CO)c2[nH]c(N)nc2n1. The summed E-state index contributed by atoms with van der Waals surface area (Å²) in [4.78, 5) is 14.3. The molecule has 2 aromatic rings. The van der Waals surface area contributed by atoms with Crippen molar-refractivity contribution in [2.24, 2.45) is 0 Å². The smallest absolute Gasteiger partial charge is 0.222 e. The zero-order valence-electron chi connectivity index (χ0n) is 6.65. The van der Waals surface area contributed by atoms with Gasteiger partial charge in [0.15, 0.2) is 11.6 Å². The average molecular weight is 180 g/mol. The number of imidazole rings is 1. The second-order valence-corrected chi connectivity index (χ2v) is 2.51. The van der Waals surface area contributed by atoms with E-state index in [1.54, 1.807) is 0 Å². The molecular formula is C6H8N6O. The minimum absolute atomic E-state index is 0.0723. The van der Waals surface area contributed by atoms with E-state index in [0.717, 1.165) is 0 Å². The van der Waals surface area contributed by atoms with Crippen molar-refractivity contribution in [1.29, 1.82) is 0 Å². The lowest BCUT2D eigenvalue weighted by Gasteiger charge is -1.97. The van der Waals surface area contributed by atoms with E-state index in [9.17, 15) is 0 Å². The van der Waals surface area contributed by atoms with Crippen molar-refractivity contribution in [1.82, 2.24) is 19.9 Å². The van der Waals surface area contributed by atoms with Gasteiger partial charge >= 0.3 is 0 Å². The van der Waals surface area contributed by atoms with Crippen molar-refractivity contribution < 1.29 is 5.11 Å². The second-order valence-electron chi connectivity index (χ2n) is 2.51. The summed E-state index contributed by atoms with van der Waals surface area (Å²) in [7, 11) is 0. The zero-order chi connectivity index (χ0) is 9.42. The lowest BCUT2D eigenvalue weighted by molar-refractivity contribution is 0.278. The van der Waals surface area contributed by atoms with Gasteiger partial charge in [-0.1, -0.05) is 0 Å². The molecular weight excluding hydrogens is 172 g/mol. The summed E-state index contributed by atoms with van der Waals surface area (Å²) in [6, 6.07) is 0. The van der Waals surface area contributed by atoms with Crippen LogP contribution in [0.4, 0.5) is 11.9 Å². The number of aliphatic hydroxyl groups is 1. The first-order chi connectivity index (χ1) is 6.20. The van der Waals surface area contributed by atoms with E-state index in [1.165, 1.54) is 0 Å². The molecule has 68 valence electrons. The lowest BCUT2D eigenvalue weighted by Crippen LogP contribution is -2.00. The Hall–Kier alpha value is -1.89. The Morgan fingerprint density at radius 3 is 2.69 bits per heavy atom. The number of hydrogen-bond acceptors (Lipinski definition) is 6. The summed E-state index contributed by atoms with van der Waals surface area (Å²) < 4.78 is 0. The van der Waals surface area contributed by atoms with E-state index in [1.807, 2.05) is 0 Å². The van der Waals surface area contributed by atoms with Crippen LogP contribution in [0.3, 0.4) is 0 Å². The molecule has 7 nitrogen and oxygen atoms in total. The van der Waals surface area contributed by atoms with Gasteiger partial charge in [-0.2, -0.15) is 9.97 Å². The number of nitrogens with one attached hydrogen (secondary N) is 1. The Bertz CT molecular complexity index is 450. The van der Waals surface area contributed by atoms with Gasteiger partial charge in [0.05, 0.1) is 12.3 Å². The largest absolute Gasteiger partial charge is 0.390 e. The van der Waals surface area contributed by atoms with Crippen molar-refractivity contribution in [3.63, 3.8) is 0 Å². The fourth-order valence-electron chi connectivity index (χ4n) is 1.11. The molecule has 2 heterocycles. The number of aromatic amines is 1. The highest BCUT2D eigenvalue weighted by Crippen LogP contribution is 2.14. The number of aromatic nitrogens is 4. The molecule has 13 heavy (non-hydrogen) atoms. The predicted molar refractivity (Wildman–Crippen MR) is 46.4 cm³/mol. The predicted octanol–water partition coefficient (Wildman–Crippen LogP) is -0.990. The van der Waals surface area contributed by atoms with Crippen LogP contribution in [0.25, 0.3) is 11.2 Å². The number of H-pyrrole nitrogens is 1. The number of anilines is 2. The van der Waals surface area contributed by atoms with Gasteiger partial charge < -0.3 is 21.6 Å². The first kappa shape index (κ1) is 7.74. The van der Waals surface area contributed by atoms with Gasteiger partial charge in [-0.3, -0.25) is 0 Å². The first-order valence-corrected chi connectivity index (χ1v) is 3.59. The van der Waals surface area contributed by atoms with Crippen LogP contribution in [0, 0.1) is 0 Å². The molecule has 0 bridgehead atoms. The summed E-state index contributed by atoms with van der Waals surface area (Å²) in [5.41, 5.74) is 12.1. The molecule has 2 rings (SSSR count). The zero-order valence-corrected chi connectivity index (χ0v) is 6.65. The Balaban J connectivity index is 2.80. The number of hydrogen-bond donors (Lipinski definition) is 4. The fraction of sp³-hybridized carbons (Fsp3) is 0.167. The Morgan fingerprint density at radius 1 is 1.23 bits per heavy atom. The summed E-state index contributed by atoms with van der Waals surface area (Å²) >= 11 is 0. The Labute approximate surface area is 72.8 Å². The highest BCUT2D eigenvalue weighted by molar-refractivity contribution is 5.76. The first-order valence-electron chi connectivity index (χ1n) is 3.59. The highest BCUT2D eigenvalue weighted by atomic mass is 16.3. The number of nitrogens with zero attached hydrogens (tertiary/aromatic N) is 3. The maximum atomic E-state index is 8.93. The maximum absolute atomic E-state index is 8.93. The van der Waals surface area contributed by atoms with Gasteiger partial charge in [-0.15, -0.1) is 0 Å². The highest BCUT2D eigenvalue weighted by Gasteiger charge is 2.08. The molecule has 0 spiro atoms. The number of fused-ring (bicyclic) bond motifs is 1. The van der Waals surface area contributed by atoms with E-state index < -0.39 is 0 Å². The number of aliphatic hydroxyl groups excluding tert-OH is 1. The van der Waals surface area contributed by atoms with Crippen LogP contribution in [0.5, 0.6) is 0 Å². The van der Waals surface area contributed by atoms with Gasteiger partial charge in [0.25, 0.3) is 0 Å². The summed E-state index contributed by atoms with van der Waals surface area (Å²) in [6.07, 6.45) is 0. The monoisotopic (exact) mass is 180 g/mol. The van der Waals surface area contributed by atoms with Crippen molar-refractivity contribution in [3.8, 4) is 0 Å². The molecule has 7 heteroatoms. The number of rotatable bonds is 1. The topological polar surface area (TPSA) is 127 Å². The molecule has 0 saturated carbocycles. The van der Waals surface area contributed by atoms with Crippen LogP contribution >= 0.6 is 0 Å². The van der Waals surface area contributed by atoms with Gasteiger partial charge in [0.1, 0.15) is 5.52 Å². The summed E-state index contributed by atoms with van der Waals surface area (Å²) in [5, 5.41) is 8.93. The molecule has 0 aromatic carbocycles. The molecule has 0 radical (unpaired) electrons. The van der Waals surface area contributed by atoms with Gasteiger partial charge in [0, 0.05) is 0 Å². The molecule has 0 aliphatic rings. The molecule has 0 unspecified atom stereocenters. The van der Waals surface area contributed by atoms with E-state index >= 15 is 0 Å². The van der Waals surface area contributed by atoms with Crippen LogP contribution in [-0.2, 0) is 6.61 Å². The molecule has 0 saturated heterocycles. The maximum Gasteiger partial charge on any atom is 0.222 e. The quantitative estimate of drug-likeness (QED) is 0.446. The van der Waals surface area contributed by atoms with Crippen LogP contribution in [0.15, 0.2) is 0 Å². The standard InChI is InChI=1S/C6H8N6O/c7-5-9-2(1-13)3-4(11-5)12-6(8)10-3/h13H,1H2,(H5,7,8,9,10,11,12). The van der Waals surface area contributed by atoms with Crippen molar-refractivity contribution in [2.75, 3.05) is 11.5 Å². The van der Waals surface area contributed by atoms with Crippen LogP contribution in [0.2, 0.25) is 0 Å². The number of nitrogens with two attached hydrogens (primary N) is 2. The molecule has 0 aliphatic carbocycles. The molecule has 0 fully saturated rings. The van der Waals surface area contributed by atoms with Crippen molar-refractivity contribution >= 4 is 23.1 Å². The minimum atomic E-state index is -0.231. The van der Waals surface area contributed by atoms with E-state index in [-0.39, 0.29) is 18.5 Å². The molecule has 0 amide bonds. The van der Waals surface area contributed by atoms with Crippen LogP contribution < -0.4 is 11.5 Å². The Kier molecular flexibility index (Phi) is 1.52. The molecule has 0 aliphatic heterocycles. The van der Waals surface area contributed by atoms with Crippen LogP contribution in [-0.4, -0.2) is 25.0 Å². The van der Waals surface area contributed by atoms with E-state index in [2.05, 4.69) is 19.9 Å². The fourth-order valence-corrected chi connectivity index (χ4v) is 1.11. The van der Waals surface area contributed by atoms with Gasteiger partial charge in [-0.05, 0) is 0 Å². The lowest BCUT2D eigenvalue weighted by atomic mass is 10.4. The van der Waals surface area contributed by atoms with E-state index in [4.69, 9.17) is 16.6 Å². The van der Waals surface area contributed by atoms with Crippen molar-refractivity contribution in [2.45, 2.75) is 6.61 Å². The molecule has 2 aromatic heterocycles.